The van der Waals surface area contributed by atoms with Gasteiger partial charge >= 0.3 is 0 Å². The number of benzene rings is 1. The molecule has 0 aliphatic carbocycles. The van der Waals surface area contributed by atoms with Crippen molar-refractivity contribution in [2.45, 2.75) is 76.4 Å². The molecule has 2 saturated heterocycles. The van der Waals surface area contributed by atoms with Crippen molar-refractivity contribution >= 4 is 11.6 Å². The first kappa shape index (κ1) is 17.9. The summed E-state index contributed by atoms with van der Waals surface area (Å²) in [4.78, 5) is 12.6. The number of carbonyl (C=O) groups excluding carboxylic acids is 1. The summed E-state index contributed by atoms with van der Waals surface area (Å²) in [6, 6.07) is 9.31. The number of hydrogen-bond donors (Lipinski definition) is 2. The molecule has 5 rings (SSSR count). The van der Waals surface area contributed by atoms with E-state index in [0.29, 0.717) is 24.4 Å². The third-order valence-corrected chi connectivity index (χ3v) is 6.56. The number of amides is 1. The molecule has 0 saturated carbocycles. The summed E-state index contributed by atoms with van der Waals surface area (Å²) in [5.41, 5.74) is 1.88. The van der Waals surface area contributed by atoms with Crippen LogP contribution in [0.25, 0.3) is 11.4 Å². The number of piperidine rings is 1. The summed E-state index contributed by atoms with van der Waals surface area (Å²) in [6.45, 7) is 0.978. The molecule has 2 atom stereocenters. The zero-order chi connectivity index (χ0) is 18.9. The van der Waals surface area contributed by atoms with Gasteiger partial charge in [-0.25, -0.2) is 0 Å². The second-order valence-corrected chi connectivity index (χ2v) is 8.71. The average Bonchev–Trinajstić information content (AvgIpc) is 3.15. The fourth-order valence-electron chi connectivity index (χ4n) is 5.25. The number of hydrogen-bond acceptors (Lipinski definition) is 4. The van der Waals surface area contributed by atoms with Crippen LogP contribution in [0.3, 0.4) is 0 Å². The molecule has 2 fully saturated rings. The van der Waals surface area contributed by atoms with E-state index in [4.69, 9.17) is 0 Å². The maximum absolute atomic E-state index is 12.6. The molecule has 0 radical (unpaired) electrons. The number of nitrogens with one attached hydrogen (secondary N) is 2. The average molecular weight is 380 g/mol. The molecule has 1 aromatic heterocycles. The highest BCUT2D eigenvalue weighted by Gasteiger charge is 2.34. The van der Waals surface area contributed by atoms with Gasteiger partial charge in [0.2, 0.25) is 5.91 Å². The van der Waals surface area contributed by atoms with E-state index in [-0.39, 0.29) is 5.91 Å². The van der Waals surface area contributed by atoms with Gasteiger partial charge in [0.25, 0.3) is 0 Å². The standard InChI is InChI=1S/C22H29N5O/c28-21(13-15-11-18-8-9-19(12-15)23-18)24-17-6-4-5-16(14-17)22-26-25-20-7-2-1-3-10-27(20)22/h4-6,14-15,18-19,23H,1-3,7-13H2,(H,24,28). The highest BCUT2D eigenvalue weighted by atomic mass is 16.1. The number of nitrogens with zero attached hydrogens (tertiary/aromatic N) is 3. The number of aryl methyl sites for hydroxylation is 1. The van der Waals surface area contributed by atoms with Gasteiger partial charge in [-0.15, -0.1) is 10.2 Å². The molecule has 1 aromatic carbocycles. The normalized spacial score (nSPS) is 26.5. The Balaban J connectivity index is 1.27. The number of rotatable bonds is 4. The quantitative estimate of drug-likeness (QED) is 0.852. The number of carbonyl (C=O) groups is 1. The molecule has 3 aliphatic rings. The fraction of sp³-hybridized carbons (Fsp3) is 0.591. The van der Waals surface area contributed by atoms with Crippen molar-refractivity contribution in [3.05, 3.63) is 30.1 Å². The van der Waals surface area contributed by atoms with Gasteiger partial charge in [-0.1, -0.05) is 18.6 Å². The molecule has 4 heterocycles. The van der Waals surface area contributed by atoms with Gasteiger partial charge in [-0.2, -0.15) is 0 Å². The van der Waals surface area contributed by atoms with Crippen LogP contribution in [0.2, 0.25) is 0 Å². The minimum absolute atomic E-state index is 0.128. The number of anilines is 1. The lowest BCUT2D eigenvalue weighted by molar-refractivity contribution is -0.117. The van der Waals surface area contributed by atoms with E-state index in [1.54, 1.807) is 0 Å². The second-order valence-electron chi connectivity index (χ2n) is 8.71. The van der Waals surface area contributed by atoms with E-state index < -0.39 is 0 Å². The summed E-state index contributed by atoms with van der Waals surface area (Å²) in [6.07, 6.45) is 10.0. The van der Waals surface area contributed by atoms with E-state index in [9.17, 15) is 4.79 Å². The van der Waals surface area contributed by atoms with Gasteiger partial charge < -0.3 is 15.2 Å². The molecule has 2 bridgehead atoms. The Kier molecular flexibility index (Phi) is 4.89. The van der Waals surface area contributed by atoms with Gasteiger partial charge in [-0.05, 0) is 56.6 Å². The smallest absolute Gasteiger partial charge is 0.224 e. The largest absolute Gasteiger partial charge is 0.326 e. The Bertz CT molecular complexity index is 848. The molecule has 148 valence electrons. The minimum Gasteiger partial charge on any atom is -0.326 e. The predicted molar refractivity (Wildman–Crippen MR) is 109 cm³/mol. The van der Waals surface area contributed by atoms with Crippen LogP contribution in [0.4, 0.5) is 5.69 Å². The van der Waals surface area contributed by atoms with Crippen LogP contribution in [0, 0.1) is 5.92 Å². The van der Waals surface area contributed by atoms with Crippen LogP contribution in [-0.2, 0) is 17.8 Å². The van der Waals surface area contributed by atoms with Crippen molar-refractivity contribution in [3.8, 4) is 11.4 Å². The van der Waals surface area contributed by atoms with Crippen LogP contribution >= 0.6 is 0 Å². The van der Waals surface area contributed by atoms with E-state index in [1.165, 1.54) is 32.1 Å². The third-order valence-electron chi connectivity index (χ3n) is 6.56. The van der Waals surface area contributed by atoms with Gasteiger partial charge in [0.15, 0.2) is 5.82 Å². The monoisotopic (exact) mass is 379 g/mol. The van der Waals surface area contributed by atoms with Crippen LogP contribution in [0.1, 0.15) is 57.2 Å². The van der Waals surface area contributed by atoms with Gasteiger partial charge in [-0.3, -0.25) is 4.79 Å². The van der Waals surface area contributed by atoms with Crippen molar-refractivity contribution in [2.24, 2.45) is 5.92 Å². The summed E-state index contributed by atoms with van der Waals surface area (Å²) in [5, 5.41) is 15.6. The van der Waals surface area contributed by atoms with Crippen LogP contribution in [0.15, 0.2) is 24.3 Å². The lowest BCUT2D eigenvalue weighted by atomic mass is 9.89. The van der Waals surface area contributed by atoms with E-state index in [0.717, 1.165) is 48.7 Å². The van der Waals surface area contributed by atoms with Crippen molar-refractivity contribution in [3.63, 3.8) is 0 Å². The zero-order valence-corrected chi connectivity index (χ0v) is 16.4. The predicted octanol–water partition coefficient (Wildman–Crippen LogP) is 3.53. The topological polar surface area (TPSA) is 71.8 Å². The molecular formula is C22H29N5O. The molecule has 1 amide bonds. The molecule has 2 aromatic rings. The molecule has 2 unspecified atom stereocenters. The lowest BCUT2D eigenvalue weighted by Crippen LogP contribution is -2.39. The van der Waals surface area contributed by atoms with E-state index >= 15 is 0 Å². The maximum Gasteiger partial charge on any atom is 0.224 e. The molecule has 2 N–H and O–H groups in total. The second kappa shape index (κ2) is 7.66. The molecule has 3 aliphatic heterocycles. The fourth-order valence-corrected chi connectivity index (χ4v) is 5.25. The molecular weight excluding hydrogens is 350 g/mol. The SMILES string of the molecule is O=C(CC1CC2CCC(C1)N2)Nc1cccc(-c2nnc3n2CCCCC3)c1. The Labute approximate surface area is 166 Å². The van der Waals surface area contributed by atoms with Gasteiger partial charge in [0.1, 0.15) is 5.82 Å². The molecule has 0 spiro atoms. The Morgan fingerprint density at radius 1 is 1.14 bits per heavy atom. The summed E-state index contributed by atoms with van der Waals surface area (Å²) in [7, 11) is 0. The van der Waals surface area contributed by atoms with Crippen LogP contribution in [0.5, 0.6) is 0 Å². The highest BCUT2D eigenvalue weighted by molar-refractivity contribution is 5.91. The Hall–Kier alpha value is -2.21. The van der Waals surface area contributed by atoms with Crippen LogP contribution < -0.4 is 10.6 Å². The molecule has 28 heavy (non-hydrogen) atoms. The summed E-state index contributed by atoms with van der Waals surface area (Å²) in [5.74, 6) is 2.64. The lowest BCUT2D eigenvalue weighted by Gasteiger charge is -2.28. The Morgan fingerprint density at radius 2 is 2.00 bits per heavy atom. The first-order valence-corrected chi connectivity index (χ1v) is 10.8. The van der Waals surface area contributed by atoms with Crippen molar-refractivity contribution in [2.75, 3.05) is 5.32 Å². The third kappa shape index (κ3) is 3.70. The van der Waals surface area contributed by atoms with Gasteiger partial charge in [0, 0.05) is 42.7 Å². The summed E-state index contributed by atoms with van der Waals surface area (Å²) >= 11 is 0. The number of fused-ring (bicyclic) bond motifs is 3. The van der Waals surface area contributed by atoms with Crippen molar-refractivity contribution in [1.29, 1.82) is 0 Å². The molecule has 6 nitrogen and oxygen atoms in total. The maximum atomic E-state index is 12.6. The van der Waals surface area contributed by atoms with Crippen molar-refractivity contribution < 1.29 is 4.79 Å². The van der Waals surface area contributed by atoms with Crippen LogP contribution in [-0.4, -0.2) is 32.8 Å². The van der Waals surface area contributed by atoms with E-state index in [1.807, 2.05) is 18.2 Å². The number of aromatic nitrogens is 3. The Morgan fingerprint density at radius 3 is 2.86 bits per heavy atom. The minimum atomic E-state index is 0.128. The summed E-state index contributed by atoms with van der Waals surface area (Å²) < 4.78 is 2.25. The zero-order valence-electron chi connectivity index (χ0n) is 16.4. The van der Waals surface area contributed by atoms with Crippen molar-refractivity contribution in [1.82, 2.24) is 20.1 Å². The first-order chi connectivity index (χ1) is 13.7. The van der Waals surface area contributed by atoms with E-state index in [2.05, 4.69) is 31.5 Å². The van der Waals surface area contributed by atoms with Gasteiger partial charge in [0.05, 0.1) is 0 Å². The first-order valence-electron chi connectivity index (χ1n) is 10.8. The molecule has 6 heteroatoms. The highest BCUT2D eigenvalue weighted by Crippen LogP contribution is 2.33.